The Bertz CT molecular complexity index is 569. The number of aryl methyl sites for hydroxylation is 1. The van der Waals surface area contributed by atoms with Gasteiger partial charge in [-0.15, -0.1) is 5.10 Å². The van der Waals surface area contributed by atoms with E-state index in [-0.39, 0.29) is 0 Å². The van der Waals surface area contributed by atoms with Crippen LogP contribution in [0.2, 0.25) is 0 Å². The van der Waals surface area contributed by atoms with Gasteiger partial charge in [0.15, 0.2) is 0 Å². The van der Waals surface area contributed by atoms with E-state index in [1.165, 1.54) is 0 Å². The van der Waals surface area contributed by atoms with Gasteiger partial charge >= 0.3 is 0 Å². The number of anilines is 1. The number of hydrogen-bond donors (Lipinski definition) is 1. The molecule has 2 aromatic rings. The Morgan fingerprint density at radius 1 is 1.53 bits per heavy atom. The maximum atomic E-state index is 8.75. The normalized spacial score (nSPS) is 9.94. The first-order chi connectivity index (χ1) is 8.19. The van der Waals surface area contributed by atoms with Gasteiger partial charge in [-0.1, -0.05) is 5.21 Å². The number of hydrogen-bond acceptors (Lipinski definition) is 4. The summed E-state index contributed by atoms with van der Waals surface area (Å²) in [6.07, 6.45) is 1.85. The molecule has 1 N–H and O–H groups in total. The Morgan fingerprint density at radius 3 is 2.94 bits per heavy atom. The molecule has 5 nitrogen and oxygen atoms in total. The van der Waals surface area contributed by atoms with E-state index in [9.17, 15) is 0 Å². The van der Waals surface area contributed by atoms with Crippen molar-refractivity contribution in [1.29, 1.82) is 5.26 Å². The van der Waals surface area contributed by atoms with Crippen molar-refractivity contribution < 1.29 is 0 Å². The molecule has 17 heavy (non-hydrogen) atoms. The molecular weight excluding hydrogens is 282 g/mol. The molecule has 0 saturated carbocycles. The van der Waals surface area contributed by atoms with E-state index >= 15 is 0 Å². The topological polar surface area (TPSA) is 66.5 Å². The monoisotopic (exact) mass is 291 g/mol. The van der Waals surface area contributed by atoms with Crippen LogP contribution >= 0.6 is 15.9 Å². The van der Waals surface area contributed by atoms with Gasteiger partial charge in [0.25, 0.3) is 0 Å². The molecule has 86 valence electrons. The van der Waals surface area contributed by atoms with Crippen LogP contribution in [-0.2, 0) is 13.6 Å². The fourth-order valence-corrected chi connectivity index (χ4v) is 1.91. The number of rotatable bonds is 3. The minimum atomic E-state index is 0.596. The molecule has 0 bridgehead atoms. The fourth-order valence-electron chi connectivity index (χ4n) is 1.39. The van der Waals surface area contributed by atoms with Crippen molar-refractivity contribution >= 4 is 21.6 Å². The maximum Gasteiger partial charge on any atom is 0.102 e. The molecule has 0 amide bonds. The molecule has 6 heteroatoms. The van der Waals surface area contributed by atoms with Crippen molar-refractivity contribution in [2.75, 3.05) is 5.32 Å². The molecule has 0 unspecified atom stereocenters. The maximum absolute atomic E-state index is 8.75. The van der Waals surface area contributed by atoms with Gasteiger partial charge in [-0.05, 0) is 34.1 Å². The number of benzene rings is 1. The van der Waals surface area contributed by atoms with Crippen LogP contribution in [0.5, 0.6) is 0 Å². The summed E-state index contributed by atoms with van der Waals surface area (Å²) >= 11 is 3.41. The van der Waals surface area contributed by atoms with Crippen molar-refractivity contribution in [3.8, 4) is 6.07 Å². The van der Waals surface area contributed by atoms with Gasteiger partial charge in [0.05, 0.1) is 18.2 Å². The lowest BCUT2D eigenvalue weighted by molar-refractivity contribution is 0.713. The van der Waals surface area contributed by atoms with E-state index in [4.69, 9.17) is 5.26 Å². The largest absolute Gasteiger partial charge is 0.378 e. The Kier molecular flexibility index (Phi) is 3.40. The van der Waals surface area contributed by atoms with Crippen LogP contribution in [-0.4, -0.2) is 15.0 Å². The minimum Gasteiger partial charge on any atom is -0.378 e. The fraction of sp³-hybridized carbons (Fsp3) is 0.182. The van der Waals surface area contributed by atoms with Crippen LogP contribution in [0.25, 0.3) is 0 Å². The molecule has 1 heterocycles. The quantitative estimate of drug-likeness (QED) is 0.940. The molecule has 0 aliphatic carbocycles. The van der Waals surface area contributed by atoms with Crippen LogP contribution < -0.4 is 5.32 Å². The Hall–Kier alpha value is -1.87. The summed E-state index contributed by atoms with van der Waals surface area (Å²) in [5.41, 5.74) is 2.42. The summed E-state index contributed by atoms with van der Waals surface area (Å²) in [4.78, 5) is 0. The van der Waals surface area contributed by atoms with E-state index in [0.29, 0.717) is 12.1 Å². The molecule has 0 aliphatic heterocycles. The van der Waals surface area contributed by atoms with E-state index < -0.39 is 0 Å². The van der Waals surface area contributed by atoms with E-state index in [1.807, 2.05) is 19.3 Å². The van der Waals surface area contributed by atoms with Crippen molar-refractivity contribution in [2.24, 2.45) is 7.05 Å². The summed E-state index contributed by atoms with van der Waals surface area (Å²) in [7, 11) is 1.83. The van der Waals surface area contributed by atoms with Crippen LogP contribution in [0.4, 0.5) is 5.69 Å². The third kappa shape index (κ3) is 2.82. The van der Waals surface area contributed by atoms with Crippen molar-refractivity contribution in [1.82, 2.24) is 15.0 Å². The first-order valence-corrected chi connectivity index (χ1v) is 5.77. The van der Waals surface area contributed by atoms with E-state index in [0.717, 1.165) is 15.9 Å². The number of nitrogens with zero attached hydrogens (tertiary/aromatic N) is 4. The smallest absolute Gasteiger partial charge is 0.102 e. The van der Waals surface area contributed by atoms with Crippen LogP contribution in [0.3, 0.4) is 0 Å². The van der Waals surface area contributed by atoms with E-state index in [2.05, 4.69) is 37.6 Å². The van der Waals surface area contributed by atoms with Crippen LogP contribution in [0.15, 0.2) is 28.9 Å². The molecule has 1 aromatic carbocycles. The summed E-state index contributed by atoms with van der Waals surface area (Å²) in [6.45, 7) is 0.596. The molecule has 1 aromatic heterocycles. The molecule has 0 fully saturated rings. The number of halogens is 1. The predicted molar refractivity (Wildman–Crippen MR) is 67.2 cm³/mol. The highest BCUT2D eigenvalue weighted by Gasteiger charge is 2.02. The zero-order valence-electron chi connectivity index (χ0n) is 9.18. The number of nitriles is 1. The summed E-state index contributed by atoms with van der Waals surface area (Å²) < 4.78 is 2.52. The second kappa shape index (κ2) is 4.97. The molecule has 0 spiro atoms. The van der Waals surface area contributed by atoms with Gasteiger partial charge in [0, 0.05) is 23.4 Å². The van der Waals surface area contributed by atoms with Crippen molar-refractivity contribution in [3.05, 3.63) is 40.1 Å². The second-order valence-corrected chi connectivity index (χ2v) is 4.40. The molecule has 0 saturated heterocycles. The Morgan fingerprint density at radius 2 is 2.35 bits per heavy atom. The van der Waals surface area contributed by atoms with Gasteiger partial charge in [0.2, 0.25) is 0 Å². The van der Waals surface area contributed by atoms with Crippen LogP contribution in [0, 0.1) is 11.3 Å². The van der Waals surface area contributed by atoms with Crippen molar-refractivity contribution in [2.45, 2.75) is 6.54 Å². The number of nitrogens with one attached hydrogen (secondary N) is 1. The average molecular weight is 292 g/mol. The molecule has 0 atom stereocenters. The predicted octanol–water partition coefficient (Wildman–Crippen LogP) is 2.06. The minimum absolute atomic E-state index is 0.596. The Labute approximate surface area is 107 Å². The summed E-state index contributed by atoms with van der Waals surface area (Å²) in [5, 5.41) is 19.8. The lowest BCUT2D eigenvalue weighted by Crippen LogP contribution is -2.00. The van der Waals surface area contributed by atoms with Crippen LogP contribution in [0.1, 0.15) is 11.3 Å². The van der Waals surface area contributed by atoms with Gasteiger partial charge in [-0.25, -0.2) is 0 Å². The molecule has 0 aliphatic rings. The third-order valence-corrected chi connectivity index (χ3v) is 2.86. The zero-order valence-corrected chi connectivity index (χ0v) is 10.8. The summed E-state index contributed by atoms with van der Waals surface area (Å²) in [6, 6.07) is 7.49. The standard InChI is InChI=1S/C11H10BrN5/c1-17-7-9(15-16-17)6-14-11-3-2-8(5-13)4-10(11)12/h2-4,7,14H,6H2,1H3. The van der Waals surface area contributed by atoms with Gasteiger partial charge in [-0.3, -0.25) is 4.68 Å². The second-order valence-electron chi connectivity index (χ2n) is 3.54. The third-order valence-electron chi connectivity index (χ3n) is 2.21. The lowest BCUT2D eigenvalue weighted by Gasteiger charge is -2.06. The Balaban J connectivity index is 2.07. The highest BCUT2D eigenvalue weighted by Crippen LogP contribution is 2.23. The molecular formula is C11H10BrN5. The zero-order chi connectivity index (χ0) is 12.3. The molecule has 0 radical (unpaired) electrons. The van der Waals surface area contributed by atoms with E-state index in [1.54, 1.807) is 16.8 Å². The average Bonchev–Trinajstić information content (AvgIpc) is 2.73. The highest BCUT2D eigenvalue weighted by molar-refractivity contribution is 9.10. The first kappa shape index (κ1) is 11.6. The number of aromatic nitrogens is 3. The SMILES string of the molecule is Cn1cc(CNc2ccc(C#N)cc2Br)nn1. The highest BCUT2D eigenvalue weighted by atomic mass is 79.9. The van der Waals surface area contributed by atoms with Crippen molar-refractivity contribution in [3.63, 3.8) is 0 Å². The van der Waals surface area contributed by atoms with Gasteiger partial charge < -0.3 is 5.32 Å². The molecule has 2 rings (SSSR count). The lowest BCUT2D eigenvalue weighted by atomic mass is 10.2. The summed E-state index contributed by atoms with van der Waals surface area (Å²) in [5.74, 6) is 0. The van der Waals surface area contributed by atoms with Gasteiger partial charge in [0.1, 0.15) is 5.69 Å². The van der Waals surface area contributed by atoms with Gasteiger partial charge in [-0.2, -0.15) is 5.26 Å². The first-order valence-electron chi connectivity index (χ1n) is 4.98.